The van der Waals surface area contributed by atoms with Crippen LogP contribution in [0.25, 0.3) is 11.4 Å². The number of rotatable bonds is 8. The van der Waals surface area contributed by atoms with Gasteiger partial charge in [0.05, 0.1) is 5.75 Å². The molecule has 2 aromatic rings. The van der Waals surface area contributed by atoms with E-state index in [2.05, 4.69) is 27.4 Å². The highest BCUT2D eigenvalue weighted by Crippen LogP contribution is 2.24. The molecule has 138 valence electrons. The van der Waals surface area contributed by atoms with Crippen molar-refractivity contribution in [2.24, 2.45) is 0 Å². The van der Waals surface area contributed by atoms with Crippen LogP contribution >= 0.6 is 11.8 Å². The molecule has 0 saturated heterocycles. The molecule has 0 fully saturated rings. The number of aromatic nitrogens is 3. The Morgan fingerprint density at radius 3 is 2.85 bits per heavy atom. The van der Waals surface area contributed by atoms with Crippen molar-refractivity contribution in [3.63, 3.8) is 0 Å². The lowest BCUT2D eigenvalue weighted by atomic mass is 10.1. The van der Waals surface area contributed by atoms with Crippen molar-refractivity contribution in [2.45, 2.75) is 32.0 Å². The van der Waals surface area contributed by atoms with Gasteiger partial charge in [-0.25, -0.2) is 4.79 Å². The van der Waals surface area contributed by atoms with Gasteiger partial charge in [0.2, 0.25) is 5.91 Å². The summed E-state index contributed by atoms with van der Waals surface area (Å²) >= 11 is 1.23. The van der Waals surface area contributed by atoms with Crippen LogP contribution in [0.5, 0.6) is 0 Å². The molecule has 0 bridgehead atoms. The first-order valence-corrected chi connectivity index (χ1v) is 9.35. The minimum absolute atomic E-state index is 0.0721. The van der Waals surface area contributed by atoms with Crippen LogP contribution < -0.4 is 10.6 Å². The highest BCUT2D eigenvalue weighted by molar-refractivity contribution is 7.99. The average molecular weight is 373 g/mol. The first-order chi connectivity index (χ1) is 12.5. The fourth-order valence-electron chi connectivity index (χ4n) is 2.26. The van der Waals surface area contributed by atoms with E-state index in [4.69, 9.17) is 0 Å². The minimum Gasteiger partial charge on any atom is -0.338 e. The number of benzene rings is 1. The molecule has 0 aliphatic carbocycles. The third-order valence-electron chi connectivity index (χ3n) is 3.43. The van der Waals surface area contributed by atoms with E-state index in [0.29, 0.717) is 18.2 Å². The summed E-state index contributed by atoms with van der Waals surface area (Å²) in [7, 11) is 0. The number of imide groups is 1. The average Bonchev–Trinajstić information content (AvgIpc) is 3.01. The van der Waals surface area contributed by atoms with Gasteiger partial charge in [0.25, 0.3) is 0 Å². The summed E-state index contributed by atoms with van der Waals surface area (Å²) in [5, 5.41) is 13.9. The summed E-state index contributed by atoms with van der Waals surface area (Å²) in [5.41, 5.74) is 2.08. The normalized spacial score (nSPS) is 10.4. The zero-order valence-electron chi connectivity index (χ0n) is 15.0. The van der Waals surface area contributed by atoms with Gasteiger partial charge in [-0.2, -0.15) is 0 Å². The number of thioether (sulfide) groups is 1. The van der Waals surface area contributed by atoms with E-state index in [1.165, 1.54) is 11.8 Å². The maximum absolute atomic E-state index is 11.9. The largest absolute Gasteiger partial charge is 0.338 e. The summed E-state index contributed by atoms with van der Waals surface area (Å²) in [6, 6.07) is 7.50. The standard InChI is InChI=1S/C18H23N5O2S/c1-4-9-19-17(25)20-15(24)12-26-18-22-21-16(23(18)10-5-2)14-8-6-7-13(3)11-14/h5-8,11H,2,4,9-10,12H2,1,3H3,(H2,19,20,24,25). The Morgan fingerprint density at radius 1 is 1.35 bits per heavy atom. The lowest BCUT2D eigenvalue weighted by Crippen LogP contribution is -2.40. The van der Waals surface area contributed by atoms with E-state index in [9.17, 15) is 9.59 Å². The zero-order chi connectivity index (χ0) is 18.9. The maximum Gasteiger partial charge on any atom is 0.321 e. The van der Waals surface area contributed by atoms with Gasteiger partial charge in [0.15, 0.2) is 11.0 Å². The smallest absolute Gasteiger partial charge is 0.321 e. The number of hydrogen-bond acceptors (Lipinski definition) is 5. The Bertz CT molecular complexity index is 788. The fourth-order valence-corrected chi connectivity index (χ4v) is 3.01. The molecule has 2 N–H and O–H groups in total. The van der Waals surface area contributed by atoms with Gasteiger partial charge >= 0.3 is 6.03 Å². The van der Waals surface area contributed by atoms with E-state index < -0.39 is 6.03 Å². The monoisotopic (exact) mass is 373 g/mol. The van der Waals surface area contributed by atoms with Gasteiger partial charge < -0.3 is 5.32 Å². The molecule has 2 rings (SSSR count). The van der Waals surface area contributed by atoms with Crippen LogP contribution in [0.4, 0.5) is 4.79 Å². The molecule has 0 aliphatic rings. The van der Waals surface area contributed by atoms with Gasteiger partial charge in [-0.3, -0.25) is 14.7 Å². The molecule has 0 aliphatic heterocycles. The maximum atomic E-state index is 11.9. The third-order valence-corrected chi connectivity index (χ3v) is 4.39. The molecular formula is C18H23N5O2S. The van der Waals surface area contributed by atoms with Crippen LogP contribution in [-0.4, -0.2) is 39.0 Å². The van der Waals surface area contributed by atoms with Gasteiger partial charge in [-0.05, 0) is 19.4 Å². The number of hydrogen-bond donors (Lipinski definition) is 2. The number of urea groups is 1. The molecule has 0 spiro atoms. The quantitative estimate of drug-likeness (QED) is 0.549. The summed E-state index contributed by atoms with van der Waals surface area (Å²) in [6.45, 7) is 8.78. The summed E-state index contributed by atoms with van der Waals surface area (Å²) in [4.78, 5) is 23.4. The molecule has 1 heterocycles. The van der Waals surface area contributed by atoms with Crippen molar-refractivity contribution in [1.82, 2.24) is 25.4 Å². The molecular weight excluding hydrogens is 350 g/mol. The Kier molecular flexibility index (Phi) is 7.40. The summed E-state index contributed by atoms with van der Waals surface area (Å²) in [6.07, 6.45) is 2.56. The molecule has 8 heteroatoms. The van der Waals surface area contributed by atoms with Crippen molar-refractivity contribution < 1.29 is 9.59 Å². The Balaban J connectivity index is 2.06. The predicted octanol–water partition coefficient (Wildman–Crippen LogP) is 2.77. The van der Waals surface area contributed by atoms with Gasteiger partial charge in [-0.1, -0.05) is 48.5 Å². The van der Waals surface area contributed by atoms with Crippen LogP contribution in [-0.2, 0) is 11.3 Å². The predicted molar refractivity (Wildman–Crippen MR) is 103 cm³/mol. The number of carbonyl (C=O) groups is 2. The number of nitrogens with one attached hydrogen (secondary N) is 2. The van der Waals surface area contributed by atoms with Gasteiger partial charge in [-0.15, -0.1) is 16.8 Å². The molecule has 0 radical (unpaired) electrons. The van der Waals surface area contributed by atoms with Crippen molar-refractivity contribution in [2.75, 3.05) is 12.3 Å². The minimum atomic E-state index is -0.481. The number of nitrogens with zero attached hydrogens (tertiary/aromatic N) is 3. The molecule has 3 amide bonds. The summed E-state index contributed by atoms with van der Waals surface area (Å²) < 4.78 is 1.90. The van der Waals surface area contributed by atoms with Crippen LogP contribution in [0.15, 0.2) is 42.1 Å². The first kappa shape index (κ1) is 19.7. The molecule has 26 heavy (non-hydrogen) atoms. The number of aryl methyl sites for hydroxylation is 1. The number of amides is 3. The fraction of sp³-hybridized carbons (Fsp3) is 0.333. The van der Waals surface area contributed by atoms with Crippen LogP contribution in [0.3, 0.4) is 0 Å². The molecule has 1 aromatic carbocycles. The molecule has 0 saturated carbocycles. The van der Waals surface area contributed by atoms with E-state index in [-0.39, 0.29) is 11.7 Å². The van der Waals surface area contributed by atoms with E-state index in [1.54, 1.807) is 6.08 Å². The third kappa shape index (κ3) is 5.45. The van der Waals surface area contributed by atoms with Crippen molar-refractivity contribution >= 4 is 23.7 Å². The highest BCUT2D eigenvalue weighted by Gasteiger charge is 2.15. The highest BCUT2D eigenvalue weighted by atomic mass is 32.2. The van der Waals surface area contributed by atoms with E-state index in [1.807, 2.05) is 42.7 Å². The second-order valence-corrected chi connectivity index (χ2v) is 6.61. The van der Waals surface area contributed by atoms with Crippen molar-refractivity contribution in [3.8, 4) is 11.4 Å². The van der Waals surface area contributed by atoms with Crippen molar-refractivity contribution in [1.29, 1.82) is 0 Å². The summed E-state index contributed by atoms with van der Waals surface area (Å²) in [5.74, 6) is 0.411. The lowest BCUT2D eigenvalue weighted by molar-refractivity contribution is -0.117. The first-order valence-electron chi connectivity index (χ1n) is 8.36. The van der Waals surface area contributed by atoms with Crippen LogP contribution in [0, 0.1) is 6.92 Å². The zero-order valence-corrected chi connectivity index (χ0v) is 15.8. The van der Waals surface area contributed by atoms with Crippen LogP contribution in [0.1, 0.15) is 18.9 Å². The Hall–Kier alpha value is -2.61. The number of allylic oxidation sites excluding steroid dienone is 1. The van der Waals surface area contributed by atoms with E-state index >= 15 is 0 Å². The lowest BCUT2D eigenvalue weighted by Gasteiger charge is -2.08. The Morgan fingerprint density at radius 2 is 2.15 bits per heavy atom. The van der Waals surface area contributed by atoms with Gasteiger partial charge in [0, 0.05) is 18.7 Å². The Labute approximate surface area is 157 Å². The second kappa shape index (κ2) is 9.76. The SMILES string of the molecule is C=CCn1c(SCC(=O)NC(=O)NCCC)nnc1-c1cccc(C)c1. The molecule has 1 aromatic heterocycles. The molecule has 0 unspecified atom stereocenters. The second-order valence-electron chi connectivity index (χ2n) is 5.67. The van der Waals surface area contributed by atoms with Gasteiger partial charge in [0.1, 0.15) is 0 Å². The number of carbonyl (C=O) groups excluding carboxylic acids is 2. The molecule has 0 atom stereocenters. The van der Waals surface area contributed by atoms with Crippen molar-refractivity contribution in [3.05, 3.63) is 42.5 Å². The van der Waals surface area contributed by atoms with Crippen LogP contribution in [0.2, 0.25) is 0 Å². The van der Waals surface area contributed by atoms with E-state index in [0.717, 1.165) is 23.4 Å². The topological polar surface area (TPSA) is 88.9 Å². The molecule has 7 nitrogen and oxygen atoms in total.